The minimum absolute atomic E-state index is 0.264. The van der Waals surface area contributed by atoms with Gasteiger partial charge in [0.1, 0.15) is 5.76 Å². The Morgan fingerprint density at radius 1 is 1.17 bits per heavy atom. The zero-order valence-electron chi connectivity index (χ0n) is 12.9. The van der Waals surface area contributed by atoms with E-state index in [-0.39, 0.29) is 6.04 Å². The average molecular weight is 315 g/mol. The van der Waals surface area contributed by atoms with Crippen LogP contribution in [0.2, 0.25) is 0 Å². The summed E-state index contributed by atoms with van der Waals surface area (Å²) in [4.78, 5) is 0. The summed E-state index contributed by atoms with van der Waals surface area (Å²) in [7, 11) is 0. The Morgan fingerprint density at radius 2 is 2.13 bits per heavy atom. The fraction of sp³-hybridized carbons (Fsp3) is 0.412. The van der Waals surface area contributed by atoms with Gasteiger partial charge in [-0.15, -0.1) is 0 Å². The van der Waals surface area contributed by atoms with Crippen molar-refractivity contribution in [3.05, 3.63) is 47.9 Å². The lowest BCUT2D eigenvalue weighted by atomic mass is 9.94. The van der Waals surface area contributed by atoms with Crippen LogP contribution < -0.4 is 25.6 Å². The summed E-state index contributed by atoms with van der Waals surface area (Å²) in [5.74, 6) is 3.16. The molecule has 6 heteroatoms. The molecule has 1 saturated heterocycles. The van der Waals surface area contributed by atoms with Crippen LogP contribution in [0.3, 0.4) is 0 Å². The zero-order valence-corrected chi connectivity index (χ0v) is 12.9. The quantitative estimate of drug-likeness (QED) is 0.704. The minimum atomic E-state index is 0.264. The van der Waals surface area contributed by atoms with Gasteiger partial charge in [-0.2, -0.15) is 0 Å². The van der Waals surface area contributed by atoms with Crippen LogP contribution in [-0.2, 0) is 6.42 Å². The lowest BCUT2D eigenvalue weighted by Crippen LogP contribution is -2.29. The van der Waals surface area contributed by atoms with Crippen LogP contribution in [0, 0.1) is 5.92 Å². The third-order valence-corrected chi connectivity index (χ3v) is 4.38. The second kappa shape index (κ2) is 6.62. The van der Waals surface area contributed by atoms with Crippen molar-refractivity contribution in [3.8, 4) is 11.5 Å². The SMILES string of the molecule is c1coc(CCNCC2CNNC2c2ccc3c(c2)OCO3)c1. The molecule has 0 amide bonds. The van der Waals surface area contributed by atoms with Crippen molar-refractivity contribution in [3.63, 3.8) is 0 Å². The zero-order chi connectivity index (χ0) is 15.5. The molecule has 2 aliphatic rings. The first kappa shape index (κ1) is 14.6. The highest BCUT2D eigenvalue weighted by molar-refractivity contribution is 5.45. The number of fused-ring (bicyclic) bond motifs is 1. The minimum Gasteiger partial charge on any atom is -0.469 e. The van der Waals surface area contributed by atoms with Crippen molar-refractivity contribution in [2.75, 3.05) is 26.4 Å². The molecule has 1 fully saturated rings. The van der Waals surface area contributed by atoms with Gasteiger partial charge in [0.15, 0.2) is 11.5 Å². The van der Waals surface area contributed by atoms with Crippen molar-refractivity contribution in [1.29, 1.82) is 0 Å². The van der Waals surface area contributed by atoms with Crippen molar-refractivity contribution in [2.24, 2.45) is 5.92 Å². The molecule has 2 atom stereocenters. The number of hydrogen-bond acceptors (Lipinski definition) is 6. The molecule has 6 nitrogen and oxygen atoms in total. The molecule has 2 aromatic rings. The summed E-state index contributed by atoms with van der Waals surface area (Å²) in [6, 6.07) is 10.4. The number of hydrogen-bond donors (Lipinski definition) is 3. The summed E-state index contributed by atoms with van der Waals surface area (Å²) in [6.45, 7) is 3.11. The molecule has 0 saturated carbocycles. The molecular weight excluding hydrogens is 294 g/mol. The van der Waals surface area contributed by atoms with E-state index in [4.69, 9.17) is 13.9 Å². The van der Waals surface area contributed by atoms with Gasteiger partial charge in [-0.3, -0.25) is 5.43 Å². The Balaban J connectivity index is 1.33. The molecular formula is C17H21N3O3. The number of benzene rings is 1. The first-order valence-corrected chi connectivity index (χ1v) is 8.01. The fourth-order valence-corrected chi connectivity index (χ4v) is 3.14. The van der Waals surface area contributed by atoms with E-state index in [0.717, 1.165) is 43.3 Å². The van der Waals surface area contributed by atoms with E-state index in [2.05, 4.69) is 28.3 Å². The Labute approximate surface area is 135 Å². The van der Waals surface area contributed by atoms with Gasteiger partial charge in [-0.1, -0.05) is 6.07 Å². The average Bonchev–Trinajstić information content (AvgIpc) is 3.31. The predicted molar refractivity (Wildman–Crippen MR) is 85.2 cm³/mol. The molecule has 1 aromatic carbocycles. The third-order valence-electron chi connectivity index (χ3n) is 4.38. The highest BCUT2D eigenvalue weighted by Gasteiger charge is 2.29. The number of nitrogens with one attached hydrogen (secondary N) is 3. The summed E-state index contributed by atoms with van der Waals surface area (Å²) in [6.07, 6.45) is 2.63. The van der Waals surface area contributed by atoms with Crippen LogP contribution in [0.5, 0.6) is 11.5 Å². The summed E-state index contributed by atoms with van der Waals surface area (Å²) < 4.78 is 16.2. The van der Waals surface area contributed by atoms with E-state index in [1.165, 1.54) is 5.56 Å². The van der Waals surface area contributed by atoms with E-state index >= 15 is 0 Å². The van der Waals surface area contributed by atoms with Gasteiger partial charge < -0.3 is 19.2 Å². The Hall–Kier alpha value is -2.02. The van der Waals surface area contributed by atoms with Crippen molar-refractivity contribution in [2.45, 2.75) is 12.5 Å². The normalized spacial score (nSPS) is 22.6. The number of ether oxygens (including phenoxy) is 2. The van der Waals surface area contributed by atoms with Crippen molar-refractivity contribution in [1.82, 2.24) is 16.2 Å². The molecule has 23 heavy (non-hydrogen) atoms. The highest BCUT2D eigenvalue weighted by Crippen LogP contribution is 2.36. The molecule has 1 aromatic heterocycles. The molecule has 0 bridgehead atoms. The van der Waals surface area contributed by atoms with Gasteiger partial charge >= 0.3 is 0 Å². The van der Waals surface area contributed by atoms with Crippen LogP contribution in [0.25, 0.3) is 0 Å². The topological polar surface area (TPSA) is 67.7 Å². The van der Waals surface area contributed by atoms with Crippen LogP contribution in [-0.4, -0.2) is 26.4 Å². The van der Waals surface area contributed by atoms with E-state index in [1.807, 2.05) is 18.2 Å². The van der Waals surface area contributed by atoms with Gasteiger partial charge in [0.2, 0.25) is 6.79 Å². The number of rotatable bonds is 6. The first-order chi connectivity index (χ1) is 11.4. The smallest absolute Gasteiger partial charge is 0.231 e. The maximum Gasteiger partial charge on any atom is 0.231 e. The lowest BCUT2D eigenvalue weighted by molar-refractivity contribution is 0.174. The third kappa shape index (κ3) is 3.19. The van der Waals surface area contributed by atoms with E-state index in [9.17, 15) is 0 Å². The second-order valence-corrected chi connectivity index (χ2v) is 5.91. The molecule has 0 aliphatic carbocycles. The molecule has 0 radical (unpaired) electrons. The maximum absolute atomic E-state index is 5.48. The van der Waals surface area contributed by atoms with E-state index < -0.39 is 0 Å². The first-order valence-electron chi connectivity index (χ1n) is 8.01. The predicted octanol–water partition coefficient (Wildman–Crippen LogP) is 1.61. The van der Waals surface area contributed by atoms with Gasteiger partial charge in [-0.25, -0.2) is 5.43 Å². The number of hydrazine groups is 1. The lowest BCUT2D eigenvalue weighted by Gasteiger charge is -2.19. The molecule has 2 aliphatic heterocycles. The van der Waals surface area contributed by atoms with E-state index in [0.29, 0.717) is 12.7 Å². The van der Waals surface area contributed by atoms with Gasteiger partial charge in [-0.05, 0) is 29.8 Å². The molecule has 2 unspecified atom stereocenters. The fourth-order valence-electron chi connectivity index (χ4n) is 3.14. The standard InChI is InChI=1S/C17H21N3O3/c1-2-14(21-7-1)5-6-18-9-13-10-19-20-17(13)12-3-4-15-16(8-12)23-11-22-15/h1-4,7-8,13,17-20H,5-6,9-11H2. The van der Waals surface area contributed by atoms with Gasteiger partial charge in [0, 0.05) is 32.0 Å². The monoisotopic (exact) mass is 315 g/mol. The van der Waals surface area contributed by atoms with Crippen LogP contribution >= 0.6 is 0 Å². The van der Waals surface area contributed by atoms with Crippen molar-refractivity contribution < 1.29 is 13.9 Å². The molecule has 3 N–H and O–H groups in total. The van der Waals surface area contributed by atoms with Gasteiger partial charge in [0.05, 0.1) is 12.3 Å². The highest BCUT2D eigenvalue weighted by atomic mass is 16.7. The number of furan rings is 1. The summed E-state index contributed by atoms with van der Waals surface area (Å²) in [5, 5.41) is 3.52. The largest absolute Gasteiger partial charge is 0.469 e. The van der Waals surface area contributed by atoms with E-state index in [1.54, 1.807) is 6.26 Å². The summed E-state index contributed by atoms with van der Waals surface area (Å²) >= 11 is 0. The Bertz CT molecular complexity index is 645. The molecule has 3 heterocycles. The molecule has 122 valence electrons. The summed E-state index contributed by atoms with van der Waals surface area (Å²) in [5.41, 5.74) is 7.85. The molecule has 0 spiro atoms. The maximum atomic E-state index is 5.48. The Morgan fingerprint density at radius 3 is 3.04 bits per heavy atom. The van der Waals surface area contributed by atoms with Crippen LogP contribution in [0.15, 0.2) is 41.0 Å². The van der Waals surface area contributed by atoms with Crippen molar-refractivity contribution >= 4 is 0 Å². The van der Waals surface area contributed by atoms with Crippen LogP contribution in [0.4, 0.5) is 0 Å². The second-order valence-electron chi connectivity index (χ2n) is 5.91. The van der Waals surface area contributed by atoms with Gasteiger partial charge in [0.25, 0.3) is 0 Å². The molecule has 4 rings (SSSR count). The Kier molecular flexibility index (Phi) is 4.19. The van der Waals surface area contributed by atoms with Crippen LogP contribution in [0.1, 0.15) is 17.4 Å².